The highest BCUT2D eigenvalue weighted by Crippen LogP contribution is 2.34. The quantitative estimate of drug-likeness (QED) is 0.356. The van der Waals surface area contributed by atoms with Crippen molar-refractivity contribution >= 4 is 49.1 Å². The molecule has 0 radical (unpaired) electrons. The molecule has 0 aliphatic rings. The standard InChI is InChI=1S/C24H18BrN3OS/c1-3-17-14(2)30-24(20(17)13-26)28-23(29)19-12-22(15-7-6-8-16(25)11-15)27-21-10-5-4-9-18(19)21/h4-12H,3H2,1-2H3,(H,28,29). The topological polar surface area (TPSA) is 65.8 Å². The number of aryl methyl sites for hydroxylation is 1. The Morgan fingerprint density at radius 1 is 1.20 bits per heavy atom. The van der Waals surface area contributed by atoms with E-state index in [0.29, 0.717) is 16.1 Å². The summed E-state index contributed by atoms with van der Waals surface area (Å²) in [5, 5.41) is 14.0. The molecule has 2 aromatic carbocycles. The third kappa shape index (κ3) is 3.74. The molecule has 148 valence electrons. The van der Waals surface area contributed by atoms with E-state index in [1.165, 1.54) is 11.3 Å². The molecule has 6 heteroatoms. The molecule has 2 heterocycles. The molecule has 2 aromatic heterocycles. The normalized spacial score (nSPS) is 10.7. The molecule has 4 nitrogen and oxygen atoms in total. The number of amides is 1. The molecule has 4 rings (SSSR count). The number of halogens is 1. The third-order valence-electron chi connectivity index (χ3n) is 4.98. The summed E-state index contributed by atoms with van der Waals surface area (Å²) in [6.45, 7) is 4.00. The van der Waals surface area contributed by atoms with E-state index in [-0.39, 0.29) is 5.91 Å². The Balaban J connectivity index is 1.82. The number of carbonyl (C=O) groups is 1. The predicted octanol–water partition coefficient (Wildman–Crippen LogP) is 6.72. The fourth-order valence-electron chi connectivity index (χ4n) is 3.54. The highest BCUT2D eigenvalue weighted by Gasteiger charge is 2.19. The second-order valence-electron chi connectivity index (χ2n) is 6.84. The zero-order valence-electron chi connectivity index (χ0n) is 16.5. The van der Waals surface area contributed by atoms with Crippen molar-refractivity contribution in [2.45, 2.75) is 20.3 Å². The number of carbonyl (C=O) groups excluding carboxylic acids is 1. The summed E-state index contributed by atoms with van der Waals surface area (Å²) in [5.41, 5.74) is 4.46. The van der Waals surface area contributed by atoms with Gasteiger partial charge in [-0.05, 0) is 43.2 Å². The number of hydrogen-bond acceptors (Lipinski definition) is 4. The average Bonchev–Trinajstić information content (AvgIpc) is 3.06. The Bertz CT molecular complexity index is 1320. The minimum absolute atomic E-state index is 0.245. The fraction of sp³-hybridized carbons (Fsp3) is 0.125. The minimum Gasteiger partial charge on any atom is -0.312 e. The number of nitriles is 1. The Morgan fingerprint density at radius 3 is 2.73 bits per heavy atom. The summed E-state index contributed by atoms with van der Waals surface area (Å²) >= 11 is 4.94. The van der Waals surface area contributed by atoms with Crippen LogP contribution in [0, 0.1) is 18.3 Å². The van der Waals surface area contributed by atoms with Crippen LogP contribution in [0.5, 0.6) is 0 Å². The lowest BCUT2D eigenvalue weighted by molar-refractivity contribution is 0.102. The van der Waals surface area contributed by atoms with Gasteiger partial charge < -0.3 is 5.32 Å². The van der Waals surface area contributed by atoms with Crippen molar-refractivity contribution < 1.29 is 4.79 Å². The van der Waals surface area contributed by atoms with Crippen molar-refractivity contribution in [3.63, 3.8) is 0 Å². The second kappa shape index (κ2) is 8.39. The van der Waals surface area contributed by atoms with E-state index in [1.54, 1.807) is 0 Å². The van der Waals surface area contributed by atoms with Gasteiger partial charge >= 0.3 is 0 Å². The number of nitrogens with one attached hydrogen (secondary N) is 1. The maximum Gasteiger partial charge on any atom is 0.257 e. The molecule has 30 heavy (non-hydrogen) atoms. The number of rotatable bonds is 4. The zero-order chi connectivity index (χ0) is 21.3. The highest BCUT2D eigenvalue weighted by atomic mass is 79.9. The van der Waals surface area contributed by atoms with Gasteiger partial charge in [-0.25, -0.2) is 4.98 Å². The Kier molecular flexibility index (Phi) is 5.67. The van der Waals surface area contributed by atoms with Gasteiger partial charge in [0.25, 0.3) is 5.91 Å². The number of pyridine rings is 1. The number of benzene rings is 2. The first-order valence-corrected chi connectivity index (χ1v) is 11.1. The van der Waals surface area contributed by atoms with E-state index >= 15 is 0 Å². The zero-order valence-corrected chi connectivity index (χ0v) is 18.9. The van der Waals surface area contributed by atoms with Crippen LogP contribution in [0.3, 0.4) is 0 Å². The second-order valence-corrected chi connectivity index (χ2v) is 8.98. The highest BCUT2D eigenvalue weighted by molar-refractivity contribution is 9.10. The number of aromatic nitrogens is 1. The van der Waals surface area contributed by atoms with Crippen molar-refractivity contribution in [2.75, 3.05) is 5.32 Å². The number of thiophene rings is 1. The molecule has 0 aliphatic carbocycles. The van der Waals surface area contributed by atoms with Crippen LogP contribution in [0.15, 0.2) is 59.1 Å². The lowest BCUT2D eigenvalue weighted by Gasteiger charge is -2.10. The van der Waals surface area contributed by atoms with Crippen LogP contribution in [-0.4, -0.2) is 10.9 Å². The van der Waals surface area contributed by atoms with Crippen molar-refractivity contribution in [3.05, 3.63) is 80.6 Å². The van der Waals surface area contributed by atoms with Crippen LogP contribution in [0.2, 0.25) is 0 Å². The van der Waals surface area contributed by atoms with Crippen LogP contribution in [-0.2, 0) is 6.42 Å². The first-order valence-electron chi connectivity index (χ1n) is 9.51. The van der Waals surface area contributed by atoms with Gasteiger partial charge in [0.05, 0.1) is 22.3 Å². The summed E-state index contributed by atoms with van der Waals surface area (Å²) in [7, 11) is 0. The molecule has 0 spiro atoms. The van der Waals surface area contributed by atoms with Gasteiger partial charge in [-0.3, -0.25) is 4.79 Å². The summed E-state index contributed by atoms with van der Waals surface area (Å²) in [6, 6.07) is 19.5. The lowest BCUT2D eigenvalue weighted by Crippen LogP contribution is -2.13. The third-order valence-corrected chi connectivity index (χ3v) is 6.54. The first kappa shape index (κ1) is 20.3. The van der Waals surface area contributed by atoms with Crippen LogP contribution in [0.25, 0.3) is 22.2 Å². The molecule has 0 bridgehead atoms. The predicted molar refractivity (Wildman–Crippen MR) is 126 cm³/mol. The summed E-state index contributed by atoms with van der Waals surface area (Å²) in [4.78, 5) is 19.1. The Labute approximate surface area is 187 Å². The Hall–Kier alpha value is -3.01. The largest absolute Gasteiger partial charge is 0.312 e. The molecule has 1 N–H and O–H groups in total. The van der Waals surface area contributed by atoms with E-state index in [2.05, 4.69) is 27.3 Å². The van der Waals surface area contributed by atoms with E-state index in [0.717, 1.165) is 43.5 Å². The summed E-state index contributed by atoms with van der Waals surface area (Å²) in [5.74, 6) is -0.245. The molecule has 0 atom stereocenters. The Morgan fingerprint density at radius 2 is 2.00 bits per heavy atom. The number of para-hydroxylation sites is 1. The van der Waals surface area contributed by atoms with E-state index < -0.39 is 0 Å². The fourth-order valence-corrected chi connectivity index (χ4v) is 5.03. The van der Waals surface area contributed by atoms with Gasteiger partial charge in [0.15, 0.2) is 0 Å². The maximum absolute atomic E-state index is 13.3. The minimum atomic E-state index is -0.245. The maximum atomic E-state index is 13.3. The smallest absolute Gasteiger partial charge is 0.257 e. The van der Waals surface area contributed by atoms with Crippen molar-refractivity contribution in [1.29, 1.82) is 5.26 Å². The number of fused-ring (bicyclic) bond motifs is 1. The molecule has 0 unspecified atom stereocenters. The number of hydrogen-bond donors (Lipinski definition) is 1. The van der Waals surface area contributed by atoms with E-state index in [1.807, 2.05) is 68.4 Å². The van der Waals surface area contributed by atoms with E-state index in [9.17, 15) is 10.1 Å². The molecule has 1 amide bonds. The summed E-state index contributed by atoms with van der Waals surface area (Å²) < 4.78 is 0.945. The number of nitrogens with zero attached hydrogens (tertiary/aromatic N) is 2. The van der Waals surface area contributed by atoms with Gasteiger partial charge in [-0.1, -0.05) is 53.2 Å². The first-order chi connectivity index (χ1) is 14.5. The van der Waals surface area contributed by atoms with Crippen molar-refractivity contribution in [3.8, 4) is 17.3 Å². The van der Waals surface area contributed by atoms with Crippen LogP contribution in [0.1, 0.15) is 33.3 Å². The van der Waals surface area contributed by atoms with Gasteiger partial charge in [0, 0.05) is 20.3 Å². The van der Waals surface area contributed by atoms with Gasteiger partial charge in [0.2, 0.25) is 0 Å². The van der Waals surface area contributed by atoms with Gasteiger partial charge in [-0.2, -0.15) is 5.26 Å². The van der Waals surface area contributed by atoms with E-state index in [4.69, 9.17) is 4.98 Å². The molecule has 0 aliphatic heterocycles. The molecule has 4 aromatic rings. The van der Waals surface area contributed by atoms with Gasteiger partial charge in [-0.15, -0.1) is 11.3 Å². The molecule has 0 saturated carbocycles. The molecule has 0 saturated heterocycles. The molecule has 0 fully saturated rings. The lowest BCUT2D eigenvalue weighted by atomic mass is 10.0. The summed E-state index contributed by atoms with van der Waals surface area (Å²) in [6.07, 6.45) is 0.756. The molecular weight excluding hydrogens is 458 g/mol. The van der Waals surface area contributed by atoms with Crippen LogP contribution >= 0.6 is 27.3 Å². The van der Waals surface area contributed by atoms with Crippen LogP contribution in [0.4, 0.5) is 5.00 Å². The molecular formula is C24H18BrN3OS. The monoisotopic (exact) mass is 475 g/mol. The number of anilines is 1. The average molecular weight is 476 g/mol. The van der Waals surface area contributed by atoms with Crippen molar-refractivity contribution in [1.82, 2.24) is 4.98 Å². The van der Waals surface area contributed by atoms with Crippen LogP contribution < -0.4 is 5.32 Å². The van der Waals surface area contributed by atoms with Gasteiger partial charge in [0.1, 0.15) is 11.1 Å². The van der Waals surface area contributed by atoms with Crippen molar-refractivity contribution in [2.24, 2.45) is 0 Å². The SMILES string of the molecule is CCc1c(C)sc(NC(=O)c2cc(-c3cccc(Br)c3)nc3ccccc23)c1C#N.